The van der Waals surface area contributed by atoms with Crippen LogP contribution in [0.2, 0.25) is 0 Å². The maximum Gasteiger partial charge on any atom is 0.419 e. The Kier molecular flexibility index (Phi) is 4.22. The third-order valence-electron chi connectivity index (χ3n) is 4.55. The first kappa shape index (κ1) is 16.4. The van der Waals surface area contributed by atoms with Crippen LogP contribution in [0.1, 0.15) is 10.4 Å². The zero-order valence-electron chi connectivity index (χ0n) is 14.4. The number of benzene rings is 2. The molecule has 0 aliphatic carbocycles. The fourth-order valence-electron chi connectivity index (χ4n) is 3.16. The first-order valence-corrected chi connectivity index (χ1v) is 8.46. The Morgan fingerprint density at radius 3 is 2.69 bits per heavy atom. The molecule has 1 aromatic heterocycles. The molecular weight excluding hydrogens is 334 g/mol. The molecule has 3 aromatic rings. The Morgan fingerprint density at radius 1 is 1.12 bits per heavy atom. The van der Waals surface area contributed by atoms with Crippen LogP contribution in [0.5, 0.6) is 0 Å². The van der Waals surface area contributed by atoms with E-state index in [1.165, 1.54) is 4.57 Å². The van der Waals surface area contributed by atoms with Crippen molar-refractivity contribution in [1.82, 2.24) is 4.57 Å². The monoisotopic (exact) mass is 353 g/mol. The summed E-state index contributed by atoms with van der Waals surface area (Å²) in [5.74, 6) is -0.633. The van der Waals surface area contributed by atoms with Crippen LogP contribution < -0.4 is 16.0 Å². The average Bonchev–Trinajstić information content (AvgIpc) is 2.96. The van der Waals surface area contributed by atoms with Crippen LogP contribution in [0, 0.1) is 0 Å². The molecule has 0 radical (unpaired) electrons. The fourth-order valence-corrected chi connectivity index (χ4v) is 3.16. The number of nitrogens with one attached hydrogen (secondary N) is 1. The van der Waals surface area contributed by atoms with Crippen LogP contribution >= 0.6 is 0 Å². The number of hydrogen-bond acceptors (Lipinski definition) is 5. The second kappa shape index (κ2) is 6.68. The maximum absolute atomic E-state index is 12.8. The normalized spacial score (nSPS) is 14.6. The Labute approximate surface area is 149 Å². The lowest BCUT2D eigenvalue weighted by Gasteiger charge is -2.30. The number of carbonyl (C=O) groups excluding carboxylic acids is 1. The van der Waals surface area contributed by atoms with E-state index in [1.807, 2.05) is 18.2 Å². The summed E-state index contributed by atoms with van der Waals surface area (Å²) < 4.78 is 12.0. The molecule has 134 valence electrons. The van der Waals surface area contributed by atoms with Gasteiger partial charge in [-0.15, -0.1) is 0 Å². The lowest BCUT2D eigenvalue weighted by atomic mass is 10.1. The summed E-state index contributed by atoms with van der Waals surface area (Å²) in [6.45, 7) is 2.82. The van der Waals surface area contributed by atoms with Crippen molar-refractivity contribution in [3.63, 3.8) is 0 Å². The number of aromatic nitrogens is 1. The zero-order valence-corrected chi connectivity index (χ0v) is 14.4. The summed E-state index contributed by atoms with van der Waals surface area (Å²) in [5.41, 5.74) is 3.19. The number of aryl methyl sites for hydroxylation is 1. The Morgan fingerprint density at radius 2 is 1.88 bits per heavy atom. The zero-order chi connectivity index (χ0) is 18.1. The van der Waals surface area contributed by atoms with Gasteiger partial charge in [0, 0.05) is 37.6 Å². The molecule has 4 rings (SSSR count). The largest absolute Gasteiger partial charge is 0.419 e. The average molecular weight is 353 g/mol. The third kappa shape index (κ3) is 2.97. The molecule has 2 aromatic carbocycles. The third-order valence-corrected chi connectivity index (χ3v) is 4.55. The number of nitrogens with zero attached hydrogens (tertiary/aromatic N) is 2. The lowest BCUT2D eigenvalue weighted by Crippen LogP contribution is -2.37. The van der Waals surface area contributed by atoms with Crippen LogP contribution in [0.3, 0.4) is 0 Å². The highest BCUT2D eigenvalue weighted by Crippen LogP contribution is 2.24. The second-order valence-electron chi connectivity index (χ2n) is 6.18. The highest BCUT2D eigenvalue weighted by Gasteiger charge is 2.18. The summed E-state index contributed by atoms with van der Waals surface area (Å²) in [7, 11) is 1.64. The predicted molar refractivity (Wildman–Crippen MR) is 98.9 cm³/mol. The van der Waals surface area contributed by atoms with Gasteiger partial charge in [0.05, 0.1) is 24.3 Å². The Hall–Kier alpha value is -3.06. The van der Waals surface area contributed by atoms with E-state index in [0.29, 0.717) is 35.6 Å². The number of hydrogen-bond donors (Lipinski definition) is 1. The van der Waals surface area contributed by atoms with Gasteiger partial charge < -0.3 is 19.4 Å². The molecule has 7 nitrogen and oxygen atoms in total. The van der Waals surface area contributed by atoms with Crippen LogP contribution in [-0.2, 0) is 11.8 Å². The predicted octanol–water partition coefficient (Wildman–Crippen LogP) is 2.22. The molecule has 7 heteroatoms. The lowest BCUT2D eigenvalue weighted by molar-refractivity contribution is 0.102. The van der Waals surface area contributed by atoms with Gasteiger partial charge in [0.15, 0.2) is 5.58 Å². The molecule has 26 heavy (non-hydrogen) atoms. The molecule has 0 bridgehead atoms. The minimum absolute atomic E-state index is 0.204. The summed E-state index contributed by atoms with van der Waals surface area (Å²) in [6, 6.07) is 12.7. The summed E-state index contributed by atoms with van der Waals surface area (Å²) in [5, 5.41) is 2.89. The van der Waals surface area contributed by atoms with E-state index in [-0.39, 0.29) is 5.91 Å². The van der Waals surface area contributed by atoms with Crippen LogP contribution in [-0.4, -0.2) is 36.8 Å². The van der Waals surface area contributed by atoms with Gasteiger partial charge in [-0.3, -0.25) is 9.36 Å². The number of morpholine rings is 1. The fraction of sp³-hybridized carbons (Fsp3) is 0.263. The quantitative estimate of drug-likeness (QED) is 0.781. The molecule has 0 spiro atoms. The van der Waals surface area contributed by atoms with E-state index in [0.717, 1.165) is 18.8 Å². The molecule has 0 unspecified atom stereocenters. The van der Waals surface area contributed by atoms with Crippen molar-refractivity contribution < 1.29 is 13.9 Å². The van der Waals surface area contributed by atoms with Gasteiger partial charge in [0.25, 0.3) is 5.91 Å². The standard InChI is InChI=1S/C19H19N3O4/c1-21-16-7-6-13(12-17(16)26-19(21)24)20-18(23)14-4-2-3-5-15(14)22-8-10-25-11-9-22/h2-7,12H,8-11H2,1H3,(H,20,23). The van der Waals surface area contributed by atoms with Crippen molar-refractivity contribution >= 4 is 28.4 Å². The van der Waals surface area contributed by atoms with Crippen molar-refractivity contribution in [2.24, 2.45) is 7.05 Å². The van der Waals surface area contributed by atoms with Gasteiger partial charge in [-0.2, -0.15) is 0 Å². The Balaban J connectivity index is 1.61. The Bertz CT molecular complexity index is 1020. The number of rotatable bonds is 3. The first-order valence-electron chi connectivity index (χ1n) is 8.46. The minimum atomic E-state index is -0.430. The summed E-state index contributed by atoms with van der Waals surface area (Å²) in [6.07, 6.45) is 0. The molecule has 2 heterocycles. The number of anilines is 2. The smallest absolute Gasteiger partial charge is 0.408 e. The van der Waals surface area contributed by atoms with Crippen molar-refractivity contribution in [3.8, 4) is 0 Å². The molecule has 1 saturated heterocycles. The molecule has 1 aliphatic rings. The number of ether oxygens (including phenoxy) is 1. The molecule has 0 saturated carbocycles. The van der Waals surface area contributed by atoms with E-state index >= 15 is 0 Å². The molecular formula is C19H19N3O4. The van der Waals surface area contributed by atoms with Gasteiger partial charge in [-0.25, -0.2) is 4.79 Å². The summed E-state index contributed by atoms with van der Waals surface area (Å²) >= 11 is 0. The van der Waals surface area contributed by atoms with Gasteiger partial charge in [0.1, 0.15) is 0 Å². The number of oxazole rings is 1. The topological polar surface area (TPSA) is 76.7 Å². The van der Waals surface area contributed by atoms with E-state index in [4.69, 9.17) is 9.15 Å². The SMILES string of the molecule is Cn1c(=O)oc2cc(NC(=O)c3ccccc3N3CCOCC3)ccc21. The van der Waals surface area contributed by atoms with Crippen molar-refractivity contribution in [1.29, 1.82) is 0 Å². The van der Waals surface area contributed by atoms with E-state index in [1.54, 1.807) is 31.3 Å². The minimum Gasteiger partial charge on any atom is -0.408 e. The first-order chi connectivity index (χ1) is 12.6. The van der Waals surface area contributed by atoms with Crippen molar-refractivity contribution in [2.45, 2.75) is 0 Å². The molecule has 1 fully saturated rings. The van der Waals surface area contributed by atoms with Gasteiger partial charge in [0.2, 0.25) is 0 Å². The van der Waals surface area contributed by atoms with Gasteiger partial charge in [-0.1, -0.05) is 12.1 Å². The number of amides is 1. The van der Waals surface area contributed by atoms with Crippen molar-refractivity contribution in [2.75, 3.05) is 36.5 Å². The van der Waals surface area contributed by atoms with E-state index in [9.17, 15) is 9.59 Å². The van der Waals surface area contributed by atoms with Gasteiger partial charge >= 0.3 is 5.76 Å². The van der Waals surface area contributed by atoms with Crippen LogP contribution in [0.15, 0.2) is 51.7 Å². The maximum atomic E-state index is 12.8. The molecule has 1 aliphatic heterocycles. The summed E-state index contributed by atoms with van der Waals surface area (Å²) in [4.78, 5) is 26.6. The van der Waals surface area contributed by atoms with E-state index < -0.39 is 5.76 Å². The van der Waals surface area contributed by atoms with Crippen LogP contribution in [0.4, 0.5) is 11.4 Å². The number of carbonyl (C=O) groups is 1. The highest BCUT2D eigenvalue weighted by molar-refractivity contribution is 6.08. The molecule has 1 amide bonds. The van der Waals surface area contributed by atoms with Gasteiger partial charge in [-0.05, 0) is 24.3 Å². The highest BCUT2D eigenvalue weighted by atomic mass is 16.5. The second-order valence-corrected chi connectivity index (χ2v) is 6.18. The molecule has 1 N–H and O–H groups in total. The van der Waals surface area contributed by atoms with Crippen LogP contribution in [0.25, 0.3) is 11.1 Å². The number of fused-ring (bicyclic) bond motifs is 1. The molecule has 0 atom stereocenters. The van der Waals surface area contributed by atoms with Crippen molar-refractivity contribution in [3.05, 3.63) is 58.6 Å². The van der Waals surface area contributed by atoms with E-state index in [2.05, 4.69) is 10.2 Å². The number of para-hydroxylation sites is 1.